The number of likely N-dealkylation sites (N-methyl/N-ethyl adjacent to an activating group) is 1. The number of thioether (sulfide) groups is 1. The fourth-order valence-electron chi connectivity index (χ4n) is 4.13. The van der Waals surface area contributed by atoms with Gasteiger partial charge in [0.15, 0.2) is 0 Å². The lowest BCUT2D eigenvalue weighted by molar-refractivity contribution is -0.150. The molecule has 2 aliphatic rings. The number of allylic oxidation sites excluding steroid dienone is 1. The average Bonchev–Trinajstić information content (AvgIpc) is 2.95. The van der Waals surface area contributed by atoms with E-state index in [1.54, 1.807) is 13.0 Å². The molecule has 0 bridgehead atoms. The number of fused-ring (bicyclic) bond motifs is 1. The molecule has 0 aromatic heterocycles. The lowest BCUT2D eigenvalue weighted by Crippen LogP contribution is -2.45. The minimum Gasteiger partial charge on any atom is -0.464 e. The van der Waals surface area contributed by atoms with Crippen LogP contribution in [0.3, 0.4) is 0 Å². The highest BCUT2D eigenvalue weighted by Crippen LogP contribution is 2.41. The third-order valence-corrected chi connectivity index (χ3v) is 6.42. The highest BCUT2D eigenvalue weighted by molar-refractivity contribution is 8.18. The fourth-order valence-corrected chi connectivity index (χ4v) is 5.03. The van der Waals surface area contributed by atoms with Crippen LogP contribution in [0.15, 0.2) is 23.1 Å². The fraction of sp³-hybridized carbons (Fsp3) is 0.435. The number of carbonyl (C=O) groups excluding carboxylic acids is 3. The van der Waals surface area contributed by atoms with Gasteiger partial charge in [-0.05, 0) is 77.1 Å². The number of hydrogen-bond donors (Lipinski definition) is 0. The lowest BCUT2D eigenvalue weighted by Gasteiger charge is -2.42. The maximum Gasteiger partial charge on any atom is 0.329 e. The van der Waals surface area contributed by atoms with Gasteiger partial charge in [0.2, 0.25) is 0 Å². The number of anilines is 1. The number of benzene rings is 1. The summed E-state index contributed by atoms with van der Waals surface area (Å²) in [5.41, 5.74) is 2.67. The van der Waals surface area contributed by atoms with Crippen molar-refractivity contribution in [3.05, 3.63) is 40.1 Å². The summed E-state index contributed by atoms with van der Waals surface area (Å²) in [6.45, 7) is 12.1. The van der Waals surface area contributed by atoms with Crippen LogP contribution in [0.4, 0.5) is 14.9 Å². The minimum absolute atomic E-state index is 0.0742. The third-order valence-electron chi connectivity index (χ3n) is 5.54. The second-order valence-electron chi connectivity index (χ2n) is 8.10. The molecule has 6 nitrogen and oxygen atoms in total. The predicted molar refractivity (Wildman–Crippen MR) is 121 cm³/mol. The first kappa shape index (κ1) is 23.1. The summed E-state index contributed by atoms with van der Waals surface area (Å²) in [5.74, 6) is -1.77. The van der Waals surface area contributed by atoms with E-state index in [9.17, 15) is 14.4 Å². The van der Waals surface area contributed by atoms with Gasteiger partial charge in [0, 0.05) is 23.4 Å². The number of rotatable bonds is 5. The molecular weight excluding hydrogens is 419 g/mol. The van der Waals surface area contributed by atoms with E-state index >= 15 is 4.39 Å². The molecule has 1 unspecified atom stereocenters. The molecule has 2 aliphatic heterocycles. The molecule has 1 fully saturated rings. The summed E-state index contributed by atoms with van der Waals surface area (Å²) in [5, 5.41) is -0.579. The Balaban J connectivity index is 1.98. The number of hydrogen-bond acceptors (Lipinski definition) is 6. The molecule has 0 aliphatic carbocycles. The Morgan fingerprint density at radius 2 is 1.97 bits per heavy atom. The van der Waals surface area contributed by atoms with Crippen molar-refractivity contribution in [1.29, 1.82) is 0 Å². The molecule has 0 radical (unpaired) electrons. The van der Waals surface area contributed by atoms with E-state index < -0.39 is 29.0 Å². The molecule has 8 heteroatoms. The zero-order valence-corrected chi connectivity index (χ0v) is 19.4. The number of halogens is 1. The first-order valence-corrected chi connectivity index (χ1v) is 11.1. The Morgan fingerprint density at radius 1 is 1.29 bits per heavy atom. The Hall–Kier alpha value is -2.61. The van der Waals surface area contributed by atoms with Gasteiger partial charge in [-0.2, -0.15) is 0 Å². The summed E-state index contributed by atoms with van der Waals surface area (Å²) >= 11 is 0.691. The van der Waals surface area contributed by atoms with Crippen molar-refractivity contribution in [1.82, 2.24) is 4.90 Å². The number of ether oxygens (including phenoxy) is 1. The van der Waals surface area contributed by atoms with E-state index in [1.165, 1.54) is 19.1 Å². The number of carbonyl (C=O) groups is 3. The van der Waals surface area contributed by atoms with Crippen LogP contribution in [-0.4, -0.2) is 46.7 Å². The quantitative estimate of drug-likeness (QED) is 0.477. The van der Waals surface area contributed by atoms with E-state index in [0.717, 1.165) is 21.7 Å². The van der Waals surface area contributed by atoms with Crippen LogP contribution in [0, 0.1) is 5.82 Å². The molecule has 2 amide bonds. The number of imide groups is 1. The summed E-state index contributed by atoms with van der Waals surface area (Å²) < 4.78 is 20.0. The second kappa shape index (κ2) is 8.49. The Kier molecular flexibility index (Phi) is 6.32. The number of esters is 1. The second-order valence-corrected chi connectivity index (χ2v) is 9.09. The molecule has 3 rings (SSSR count). The van der Waals surface area contributed by atoms with Gasteiger partial charge in [-0.15, -0.1) is 0 Å². The molecule has 1 aromatic carbocycles. The van der Waals surface area contributed by atoms with Crippen LogP contribution in [-0.2, 0) is 14.3 Å². The van der Waals surface area contributed by atoms with E-state index in [0.29, 0.717) is 18.3 Å². The van der Waals surface area contributed by atoms with E-state index in [1.807, 2.05) is 13.8 Å². The highest BCUT2D eigenvalue weighted by atomic mass is 32.2. The summed E-state index contributed by atoms with van der Waals surface area (Å²) in [6, 6.07) is 2.14. The van der Waals surface area contributed by atoms with E-state index in [2.05, 4.69) is 24.8 Å². The molecule has 166 valence electrons. The van der Waals surface area contributed by atoms with Gasteiger partial charge < -0.3 is 9.64 Å². The average molecular weight is 447 g/mol. The Labute approximate surface area is 186 Å². The monoisotopic (exact) mass is 446 g/mol. The first-order valence-electron chi connectivity index (χ1n) is 10.3. The lowest BCUT2D eigenvalue weighted by atomic mass is 9.88. The van der Waals surface area contributed by atoms with Crippen molar-refractivity contribution in [2.75, 3.05) is 18.1 Å². The minimum atomic E-state index is -1.04. The van der Waals surface area contributed by atoms with Crippen molar-refractivity contribution in [3.63, 3.8) is 0 Å². The number of amides is 2. The topological polar surface area (TPSA) is 66.9 Å². The zero-order chi connectivity index (χ0) is 23.1. The Morgan fingerprint density at radius 3 is 2.58 bits per heavy atom. The van der Waals surface area contributed by atoms with Crippen LogP contribution in [0.2, 0.25) is 0 Å². The molecular formula is C23H27FN2O4S. The van der Waals surface area contributed by atoms with Gasteiger partial charge in [-0.3, -0.25) is 14.5 Å². The van der Waals surface area contributed by atoms with Crippen LogP contribution >= 0.6 is 11.8 Å². The van der Waals surface area contributed by atoms with Gasteiger partial charge in [-0.1, -0.05) is 6.08 Å². The molecule has 1 atom stereocenters. The summed E-state index contributed by atoms with van der Waals surface area (Å²) in [7, 11) is 0. The maximum absolute atomic E-state index is 15.0. The van der Waals surface area contributed by atoms with Crippen molar-refractivity contribution in [2.45, 2.75) is 53.1 Å². The van der Waals surface area contributed by atoms with Crippen molar-refractivity contribution in [2.24, 2.45) is 0 Å². The molecule has 1 saturated heterocycles. The summed E-state index contributed by atoms with van der Waals surface area (Å²) in [4.78, 5) is 40.2. The van der Waals surface area contributed by atoms with Crippen molar-refractivity contribution >= 4 is 46.2 Å². The number of nitrogens with zero attached hydrogens (tertiary/aromatic N) is 2. The van der Waals surface area contributed by atoms with E-state index in [-0.39, 0.29) is 22.6 Å². The molecule has 1 aromatic rings. The largest absolute Gasteiger partial charge is 0.464 e. The van der Waals surface area contributed by atoms with Crippen LogP contribution in [0.5, 0.6) is 0 Å². The van der Waals surface area contributed by atoms with Crippen LogP contribution in [0.1, 0.15) is 52.7 Å². The van der Waals surface area contributed by atoms with Gasteiger partial charge in [-0.25, -0.2) is 9.18 Å². The van der Waals surface area contributed by atoms with Gasteiger partial charge in [0.1, 0.15) is 11.9 Å². The Bertz CT molecular complexity index is 1020. The highest BCUT2D eigenvalue weighted by Gasteiger charge is 2.41. The van der Waals surface area contributed by atoms with Crippen LogP contribution in [0.25, 0.3) is 11.6 Å². The van der Waals surface area contributed by atoms with Crippen molar-refractivity contribution in [3.8, 4) is 0 Å². The molecule has 0 N–H and O–H groups in total. The SMILES string of the molecule is CCOC(=O)C(C)N1C(=O)S/C(=C\c2cc3c(cc2F)N(CC)C(C)(C)C=C3C)C1=O. The first-order chi connectivity index (χ1) is 14.5. The molecule has 0 spiro atoms. The zero-order valence-electron chi connectivity index (χ0n) is 18.6. The van der Waals surface area contributed by atoms with Gasteiger partial charge in [0.05, 0.1) is 17.1 Å². The molecule has 31 heavy (non-hydrogen) atoms. The predicted octanol–water partition coefficient (Wildman–Crippen LogP) is 4.84. The summed E-state index contributed by atoms with van der Waals surface area (Å²) in [6.07, 6.45) is 3.51. The van der Waals surface area contributed by atoms with Crippen LogP contribution < -0.4 is 4.90 Å². The van der Waals surface area contributed by atoms with E-state index in [4.69, 9.17) is 4.74 Å². The van der Waals surface area contributed by atoms with Gasteiger partial charge in [0.25, 0.3) is 11.1 Å². The standard InChI is InChI=1S/C23H27FN2O4S/c1-7-25-18-11-17(24)15(9-16(18)13(3)12-23(25,5)6)10-19-20(27)26(22(29)31-19)14(4)21(28)30-8-2/h9-12,14H,7-8H2,1-6H3/b19-10-. The van der Waals surface area contributed by atoms with Crippen molar-refractivity contribution < 1.29 is 23.5 Å². The normalized spacial score (nSPS) is 20.1. The third kappa shape index (κ3) is 4.13. The molecule has 2 heterocycles. The molecule has 0 saturated carbocycles. The maximum atomic E-state index is 15.0. The van der Waals surface area contributed by atoms with Gasteiger partial charge >= 0.3 is 5.97 Å². The smallest absolute Gasteiger partial charge is 0.329 e.